The van der Waals surface area contributed by atoms with Crippen molar-refractivity contribution in [2.45, 2.75) is 13.3 Å². The molecular weight excluding hydrogens is 148 g/mol. The predicted octanol–water partition coefficient (Wildman–Crippen LogP) is 1.42. The van der Waals surface area contributed by atoms with E-state index in [-0.39, 0.29) is 0 Å². The van der Waals surface area contributed by atoms with Crippen molar-refractivity contribution < 1.29 is 16.3 Å². The molecule has 0 N–H and O–H groups in total. The van der Waals surface area contributed by atoms with Crippen LogP contribution in [-0.2, 0) is 22.7 Å². The maximum atomic E-state index is 3.02. The third-order valence-corrected chi connectivity index (χ3v) is 1.98. The summed E-state index contributed by atoms with van der Waals surface area (Å²) in [4.78, 5) is 0. The first kappa shape index (κ1) is 6.87. The van der Waals surface area contributed by atoms with Gasteiger partial charge in [-0.1, -0.05) is 0 Å². The summed E-state index contributed by atoms with van der Waals surface area (Å²) in [7, 11) is 0. The van der Waals surface area contributed by atoms with E-state index in [9.17, 15) is 0 Å². The van der Waals surface area contributed by atoms with Gasteiger partial charge in [0.25, 0.3) is 0 Å². The van der Waals surface area contributed by atoms with Gasteiger partial charge in [-0.25, -0.2) is 0 Å². The molecule has 1 aromatic rings. The number of aryl methyl sites for hydroxylation is 1. The zero-order chi connectivity index (χ0) is 6.69. The van der Waals surface area contributed by atoms with E-state index in [1.54, 1.807) is 0 Å². The van der Waals surface area contributed by atoms with Gasteiger partial charge in [0.1, 0.15) is 0 Å². The van der Waals surface area contributed by atoms with Gasteiger partial charge >= 0.3 is 63.9 Å². The molecule has 0 aliphatic rings. The third-order valence-electron chi connectivity index (χ3n) is 1.35. The van der Waals surface area contributed by atoms with Gasteiger partial charge in [0.15, 0.2) is 0 Å². The molecule has 0 radical (unpaired) electrons. The summed E-state index contributed by atoms with van der Waals surface area (Å²) in [6.45, 7) is 2.16. The number of hydrogen-bond acceptors (Lipinski definition) is 0. The van der Waals surface area contributed by atoms with E-state index in [0.29, 0.717) is 0 Å². The van der Waals surface area contributed by atoms with Gasteiger partial charge < -0.3 is 0 Å². The molecule has 0 aliphatic heterocycles. The molecule has 0 amide bonds. The van der Waals surface area contributed by atoms with Crippen LogP contribution < -0.4 is 4.43 Å². The summed E-state index contributed by atoms with van der Waals surface area (Å²) in [5.41, 5.74) is 1.40. The predicted molar refractivity (Wildman–Crippen MR) is 35.5 cm³/mol. The minimum atomic E-state index is 1.11. The molecule has 0 aromatic heterocycles. The van der Waals surface area contributed by atoms with Crippen LogP contribution in [0.3, 0.4) is 0 Å². The molecule has 0 bridgehead atoms. The molecule has 1 aromatic carbocycles. The third kappa shape index (κ3) is 1.58. The Morgan fingerprint density at radius 1 is 1.33 bits per heavy atom. The van der Waals surface area contributed by atoms with Gasteiger partial charge in [-0.3, -0.25) is 0 Å². The quantitative estimate of drug-likeness (QED) is 0.578. The molecule has 0 fully saturated rings. The molecule has 0 saturated carbocycles. The summed E-state index contributed by atoms with van der Waals surface area (Å²) in [5.74, 6) is 0. The van der Waals surface area contributed by atoms with Crippen LogP contribution in [0.1, 0.15) is 12.5 Å². The van der Waals surface area contributed by atoms with Crippen molar-refractivity contribution in [3.8, 4) is 0 Å². The average molecular weight is 157 g/mol. The molecule has 1 rings (SSSR count). The van der Waals surface area contributed by atoms with E-state index in [1.165, 1.54) is 9.99 Å². The Bertz CT molecular complexity index is 194. The monoisotopic (exact) mass is 157 g/mol. The molecule has 47 valence electrons. The normalized spacial score (nSPS) is 9.44. The standard InChI is InChI=1S/C8H9.Cr/c1-2-8-6-4-3-5-7-8;/h3-6H,2H2,1H3;. The summed E-state index contributed by atoms with van der Waals surface area (Å²) in [6.07, 6.45) is 1.11. The molecule has 0 nitrogen and oxygen atoms in total. The van der Waals surface area contributed by atoms with Gasteiger partial charge in [-0.2, -0.15) is 0 Å². The van der Waals surface area contributed by atoms with Crippen LogP contribution in [0, 0.1) is 0 Å². The number of hydrogen-bond donors (Lipinski definition) is 0. The van der Waals surface area contributed by atoms with Crippen molar-refractivity contribution in [3.63, 3.8) is 0 Å². The Labute approximate surface area is 64.3 Å². The Balaban J connectivity index is 3.01. The fraction of sp³-hybridized carbons (Fsp3) is 0.250. The molecule has 1 heteroatoms. The van der Waals surface area contributed by atoms with Crippen LogP contribution in [0.4, 0.5) is 0 Å². The molecule has 0 atom stereocenters. The van der Waals surface area contributed by atoms with E-state index in [2.05, 4.69) is 41.4 Å². The van der Waals surface area contributed by atoms with Crippen molar-refractivity contribution in [3.05, 3.63) is 29.8 Å². The van der Waals surface area contributed by atoms with Gasteiger partial charge in [-0.05, 0) is 0 Å². The summed E-state index contributed by atoms with van der Waals surface area (Å²) in [5, 5.41) is 0. The summed E-state index contributed by atoms with van der Waals surface area (Å²) >= 11 is 3.02. The van der Waals surface area contributed by atoms with Crippen molar-refractivity contribution >= 4 is 4.43 Å². The minimum absolute atomic E-state index is 1.11. The Kier molecular flexibility index (Phi) is 2.33. The maximum absolute atomic E-state index is 3.02. The summed E-state index contributed by atoms with van der Waals surface area (Å²) < 4.78 is 1.28. The van der Waals surface area contributed by atoms with Crippen molar-refractivity contribution in [1.29, 1.82) is 0 Å². The molecule has 0 spiro atoms. The second kappa shape index (κ2) is 3.06. The van der Waals surface area contributed by atoms with E-state index >= 15 is 0 Å². The second-order valence-corrected chi connectivity index (χ2v) is 2.65. The topological polar surface area (TPSA) is 0 Å². The fourth-order valence-electron chi connectivity index (χ4n) is 0.796. The Morgan fingerprint density at radius 2 is 2.00 bits per heavy atom. The van der Waals surface area contributed by atoms with E-state index in [1.807, 2.05) is 6.07 Å². The van der Waals surface area contributed by atoms with Gasteiger partial charge in [-0.15, -0.1) is 0 Å². The second-order valence-electron chi connectivity index (χ2n) is 1.96. The SMILES string of the molecule is CCc1cccc[c]1[Cr]. The van der Waals surface area contributed by atoms with Crippen molar-refractivity contribution in [1.82, 2.24) is 0 Å². The Morgan fingerprint density at radius 3 is 2.44 bits per heavy atom. The van der Waals surface area contributed by atoms with E-state index in [4.69, 9.17) is 0 Å². The Hall–Kier alpha value is -0.248. The van der Waals surface area contributed by atoms with E-state index < -0.39 is 0 Å². The summed E-state index contributed by atoms with van der Waals surface area (Å²) in [6, 6.07) is 8.36. The number of rotatable bonds is 1. The first-order chi connectivity index (χ1) is 4.34. The van der Waals surface area contributed by atoms with Gasteiger partial charge in [0.05, 0.1) is 0 Å². The van der Waals surface area contributed by atoms with Crippen LogP contribution >= 0.6 is 0 Å². The van der Waals surface area contributed by atoms with Crippen molar-refractivity contribution in [2.75, 3.05) is 0 Å². The number of benzene rings is 1. The van der Waals surface area contributed by atoms with Gasteiger partial charge in [0, 0.05) is 0 Å². The molecule has 0 unspecified atom stereocenters. The molecule has 9 heavy (non-hydrogen) atoms. The molecule has 0 saturated heterocycles. The van der Waals surface area contributed by atoms with E-state index in [0.717, 1.165) is 6.42 Å². The van der Waals surface area contributed by atoms with Crippen LogP contribution in [-0.4, -0.2) is 0 Å². The van der Waals surface area contributed by atoms with Gasteiger partial charge in [0.2, 0.25) is 0 Å². The van der Waals surface area contributed by atoms with Crippen LogP contribution in [0.5, 0.6) is 0 Å². The zero-order valence-corrected chi connectivity index (χ0v) is 6.70. The van der Waals surface area contributed by atoms with Crippen molar-refractivity contribution in [2.24, 2.45) is 0 Å². The van der Waals surface area contributed by atoms with Crippen LogP contribution in [0.15, 0.2) is 24.3 Å². The average Bonchev–Trinajstić information content (AvgIpc) is 1.89. The first-order valence-electron chi connectivity index (χ1n) is 3.09. The van der Waals surface area contributed by atoms with Crippen LogP contribution in [0.2, 0.25) is 0 Å². The first-order valence-corrected chi connectivity index (χ1v) is 3.73. The van der Waals surface area contributed by atoms with Crippen LogP contribution in [0.25, 0.3) is 0 Å². The molecular formula is C8H9Cr. The zero-order valence-electron chi connectivity index (χ0n) is 5.42. The molecule has 0 aliphatic carbocycles. The fourth-order valence-corrected chi connectivity index (χ4v) is 1.25. The molecule has 0 heterocycles.